The summed E-state index contributed by atoms with van der Waals surface area (Å²) in [6.45, 7) is 6.05. The molecule has 5 aromatic carbocycles. The number of hydrogen-bond acceptors (Lipinski definition) is 4. The first-order chi connectivity index (χ1) is 21.7. The molecular formula is C40H29N3O. The summed E-state index contributed by atoms with van der Waals surface area (Å²) in [6, 6.07) is 41.6. The van der Waals surface area contributed by atoms with Gasteiger partial charge >= 0.3 is 0 Å². The van der Waals surface area contributed by atoms with Gasteiger partial charge in [0, 0.05) is 27.5 Å². The average molecular weight is 568 g/mol. The Hall–Kier alpha value is -5.87. The van der Waals surface area contributed by atoms with Crippen molar-refractivity contribution in [1.29, 1.82) is 0 Å². The summed E-state index contributed by atoms with van der Waals surface area (Å²) in [6.07, 6.45) is 7.36. The molecule has 0 aliphatic carbocycles. The van der Waals surface area contributed by atoms with Crippen molar-refractivity contribution in [3.63, 3.8) is 0 Å². The second-order valence-electron chi connectivity index (χ2n) is 10.6. The first-order valence-electron chi connectivity index (χ1n) is 14.6. The van der Waals surface area contributed by atoms with Crippen LogP contribution >= 0.6 is 0 Å². The van der Waals surface area contributed by atoms with E-state index in [1.807, 2.05) is 54.6 Å². The van der Waals surface area contributed by atoms with E-state index in [0.717, 1.165) is 66.5 Å². The van der Waals surface area contributed by atoms with E-state index >= 15 is 0 Å². The number of aromatic nitrogens is 3. The predicted molar refractivity (Wildman–Crippen MR) is 182 cm³/mol. The maximum Gasteiger partial charge on any atom is 0.163 e. The maximum atomic E-state index is 6.32. The molecule has 0 aliphatic rings. The minimum absolute atomic E-state index is 0.586. The van der Waals surface area contributed by atoms with E-state index in [2.05, 4.69) is 102 Å². The fourth-order valence-corrected chi connectivity index (χ4v) is 5.58. The molecule has 2 heterocycles. The number of para-hydroxylation sites is 2. The molecular weight excluding hydrogens is 538 g/mol. The Morgan fingerprint density at radius 1 is 0.682 bits per heavy atom. The lowest BCUT2D eigenvalue weighted by Crippen LogP contribution is -1.98. The molecule has 4 nitrogen and oxygen atoms in total. The van der Waals surface area contributed by atoms with Gasteiger partial charge in [0.05, 0.1) is 0 Å². The molecule has 0 amide bonds. The molecule has 0 N–H and O–H groups in total. The Morgan fingerprint density at radius 2 is 1.41 bits per heavy atom. The van der Waals surface area contributed by atoms with Gasteiger partial charge in [-0.25, -0.2) is 15.0 Å². The second kappa shape index (κ2) is 11.8. The van der Waals surface area contributed by atoms with E-state index in [-0.39, 0.29) is 0 Å². The van der Waals surface area contributed by atoms with E-state index < -0.39 is 0 Å². The molecule has 0 aliphatic heterocycles. The summed E-state index contributed by atoms with van der Waals surface area (Å²) in [5.41, 5.74) is 10.2. The third-order valence-electron chi connectivity index (χ3n) is 7.76. The van der Waals surface area contributed by atoms with Gasteiger partial charge in [-0.1, -0.05) is 122 Å². The number of nitrogens with zero attached hydrogens (tertiary/aromatic N) is 3. The van der Waals surface area contributed by atoms with Crippen molar-refractivity contribution in [3.05, 3.63) is 164 Å². The van der Waals surface area contributed by atoms with Crippen molar-refractivity contribution in [2.24, 2.45) is 0 Å². The zero-order chi connectivity index (χ0) is 29.9. The maximum absolute atomic E-state index is 6.32. The van der Waals surface area contributed by atoms with Crippen LogP contribution in [0.3, 0.4) is 0 Å². The lowest BCUT2D eigenvalue weighted by atomic mass is 9.97. The van der Waals surface area contributed by atoms with Crippen molar-refractivity contribution < 1.29 is 4.42 Å². The van der Waals surface area contributed by atoms with Gasteiger partial charge in [-0.05, 0) is 59.0 Å². The van der Waals surface area contributed by atoms with Crippen LogP contribution in [0.4, 0.5) is 0 Å². The molecule has 0 spiro atoms. The second-order valence-corrected chi connectivity index (χ2v) is 10.6. The van der Waals surface area contributed by atoms with Gasteiger partial charge < -0.3 is 4.42 Å². The van der Waals surface area contributed by atoms with E-state index in [0.29, 0.717) is 11.6 Å². The number of allylic oxidation sites excluding steroid dienone is 5. The van der Waals surface area contributed by atoms with Crippen molar-refractivity contribution in [2.45, 2.75) is 6.92 Å². The SMILES string of the molecule is C=C/C=C(\C=C(/C)c1cccc(-c2cccc3c2oc2ccccc23)c1)c1ncnc(-c2cccc(-c3ccccc3)c2)n1. The van der Waals surface area contributed by atoms with Crippen LogP contribution in [-0.2, 0) is 0 Å². The number of benzene rings is 5. The highest BCUT2D eigenvalue weighted by molar-refractivity contribution is 6.09. The molecule has 0 atom stereocenters. The molecule has 0 fully saturated rings. The van der Waals surface area contributed by atoms with Gasteiger partial charge in [-0.3, -0.25) is 0 Å². The normalized spacial score (nSPS) is 12.1. The number of hydrogen-bond donors (Lipinski definition) is 0. The fraction of sp³-hybridized carbons (Fsp3) is 0.0250. The van der Waals surface area contributed by atoms with Crippen LogP contribution in [0, 0.1) is 0 Å². The van der Waals surface area contributed by atoms with Gasteiger partial charge in [0.15, 0.2) is 11.6 Å². The standard InChI is InChI=1S/C40H29N3O/c1-3-12-32(39-41-26-42-40(43-39)33-18-10-16-30(25-33)28-13-5-4-6-14-28)23-27(2)29-15-9-17-31(24-29)34-20-11-21-36-35-19-7-8-22-37(35)44-38(34)36/h3-26H,1H2,2H3/b27-23+,32-12+. The Balaban J connectivity index is 1.23. The Kier molecular flexibility index (Phi) is 7.23. The van der Waals surface area contributed by atoms with Crippen molar-refractivity contribution in [1.82, 2.24) is 15.0 Å². The Morgan fingerprint density at radius 3 is 2.30 bits per heavy atom. The smallest absolute Gasteiger partial charge is 0.163 e. The van der Waals surface area contributed by atoms with E-state index in [1.54, 1.807) is 12.4 Å². The van der Waals surface area contributed by atoms with Gasteiger partial charge in [0.1, 0.15) is 17.5 Å². The molecule has 0 radical (unpaired) electrons. The predicted octanol–water partition coefficient (Wildman–Crippen LogP) is 10.4. The summed E-state index contributed by atoms with van der Waals surface area (Å²) in [4.78, 5) is 13.9. The summed E-state index contributed by atoms with van der Waals surface area (Å²) in [5, 5.41) is 2.24. The molecule has 0 unspecified atom stereocenters. The highest BCUT2D eigenvalue weighted by Gasteiger charge is 2.13. The van der Waals surface area contributed by atoms with Crippen LogP contribution < -0.4 is 0 Å². The lowest BCUT2D eigenvalue weighted by molar-refractivity contribution is 0.670. The number of furan rings is 1. The first kappa shape index (κ1) is 27.0. The van der Waals surface area contributed by atoms with Gasteiger partial charge in [-0.2, -0.15) is 0 Å². The molecule has 4 heteroatoms. The van der Waals surface area contributed by atoms with Crippen LogP contribution in [0.2, 0.25) is 0 Å². The topological polar surface area (TPSA) is 51.8 Å². The average Bonchev–Trinajstić information content (AvgIpc) is 3.48. The zero-order valence-electron chi connectivity index (χ0n) is 24.3. The summed E-state index contributed by atoms with van der Waals surface area (Å²) >= 11 is 0. The fourth-order valence-electron chi connectivity index (χ4n) is 5.58. The Bertz CT molecular complexity index is 2210. The van der Waals surface area contributed by atoms with E-state index in [1.165, 1.54) is 0 Å². The largest absolute Gasteiger partial charge is 0.455 e. The minimum Gasteiger partial charge on any atom is -0.455 e. The molecule has 2 aromatic heterocycles. The number of fused-ring (bicyclic) bond motifs is 3. The molecule has 0 saturated carbocycles. The van der Waals surface area contributed by atoms with Crippen LogP contribution in [0.5, 0.6) is 0 Å². The van der Waals surface area contributed by atoms with Crippen molar-refractivity contribution >= 4 is 33.1 Å². The van der Waals surface area contributed by atoms with Crippen LogP contribution in [0.15, 0.2) is 157 Å². The van der Waals surface area contributed by atoms with E-state index in [9.17, 15) is 0 Å². The zero-order valence-corrected chi connectivity index (χ0v) is 24.3. The third kappa shape index (κ3) is 5.25. The van der Waals surface area contributed by atoms with Crippen LogP contribution in [0.25, 0.3) is 66.7 Å². The first-order valence-corrected chi connectivity index (χ1v) is 14.6. The monoisotopic (exact) mass is 567 g/mol. The molecule has 0 bridgehead atoms. The van der Waals surface area contributed by atoms with Crippen LogP contribution in [0.1, 0.15) is 18.3 Å². The summed E-state index contributed by atoms with van der Waals surface area (Å²) in [7, 11) is 0. The van der Waals surface area contributed by atoms with E-state index in [4.69, 9.17) is 9.40 Å². The van der Waals surface area contributed by atoms with Crippen LogP contribution in [-0.4, -0.2) is 15.0 Å². The quantitative estimate of drug-likeness (QED) is 0.180. The highest BCUT2D eigenvalue weighted by atomic mass is 16.3. The summed E-state index contributed by atoms with van der Waals surface area (Å²) in [5.74, 6) is 1.21. The summed E-state index contributed by atoms with van der Waals surface area (Å²) < 4.78 is 6.32. The van der Waals surface area contributed by atoms with Gasteiger partial charge in [0.25, 0.3) is 0 Å². The molecule has 0 saturated heterocycles. The molecule has 7 aromatic rings. The Labute approximate surface area is 256 Å². The highest BCUT2D eigenvalue weighted by Crippen LogP contribution is 2.36. The number of rotatable bonds is 7. The van der Waals surface area contributed by atoms with Gasteiger partial charge in [-0.15, -0.1) is 0 Å². The molecule has 44 heavy (non-hydrogen) atoms. The van der Waals surface area contributed by atoms with Gasteiger partial charge in [0.2, 0.25) is 0 Å². The minimum atomic E-state index is 0.586. The molecule has 7 rings (SSSR count). The molecule has 210 valence electrons. The van der Waals surface area contributed by atoms with Crippen molar-refractivity contribution in [3.8, 4) is 33.6 Å². The van der Waals surface area contributed by atoms with Crippen molar-refractivity contribution in [2.75, 3.05) is 0 Å². The third-order valence-corrected chi connectivity index (χ3v) is 7.76. The lowest BCUT2D eigenvalue weighted by Gasteiger charge is -2.09.